The number of aryl methyl sites for hydroxylation is 1. The molecule has 1 unspecified atom stereocenters. The Kier molecular flexibility index (Phi) is 4.05. The summed E-state index contributed by atoms with van der Waals surface area (Å²) in [6.45, 7) is 8.91. The minimum Gasteiger partial charge on any atom is -0.306 e. The number of hydrogen-bond acceptors (Lipinski definition) is 4. The monoisotopic (exact) mass is 197 g/mol. The standard InChI is InChI=1S/C9H15N3S/c1-4-6-10-8(5-2)9-7(3)11-12-13-9/h5,8,10H,2,4,6H2,1,3H3. The van der Waals surface area contributed by atoms with E-state index in [1.54, 1.807) is 0 Å². The Balaban J connectivity index is 2.66. The predicted molar refractivity (Wildman–Crippen MR) is 55.9 cm³/mol. The van der Waals surface area contributed by atoms with E-state index >= 15 is 0 Å². The van der Waals surface area contributed by atoms with Crippen LogP contribution in [0, 0.1) is 6.92 Å². The molecule has 1 aromatic heterocycles. The van der Waals surface area contributed by atoms with Crippen LogP contribution in [0.4, 0.5) is 0 Å². The van der Waals surface area contributed by atoms with E-state index in [0.29, 0.717) is 0 Å². The fraction of sp³-hybridized carbons (Fsp3) is 0.556. The molecular weight excluding hydrogens is 182 g/mol. The SMILES string of the molecule is C=CC(NCCC)c1snnc1C. The Morgan fingerprint density at radius 1 is 1.69 bits per heavy atom. The van der Waals surface area contributed by atoms with Crippen LogP contribution in [-0.2, 0) is 0 Å². The Morgan fingerprint density at radius 3 is 2.92 bits per heavy atom. The van der Waals surface area contributed by atoms with E-state index in [9.17, 15) is 0 Å². The lowest BCUT2D eigenvalue weighted by atomic mass is 10.2. The largest absolute Gasteiger partial charge is 0.306 e. The lowest BCUT2D eigenvalue weighted by Gasteiger charge is -2.11. The van der Waals surface area contributed by atoms with Gasteiger partial charge in [0.05, 0.1) is 16.6 Å². The van der Waals surface area contributed by atoms with Crippen molar-refractivity contribution in [1.29, 1.82) is 0 Å². The van der Waals surface area contributed by atoms with Gasteiger partial charge in [0.2, 0.25) is 0 Å². The highest BCUT2D eigenvalue weighted by atomic mass is 32.1. The fourth-order valence-corrected chi connectivity index (χ4v) is 1.82. The van der Waals surface area contributed by atoms with Gasteiger partial charge in [0, 0.05) is 0 Å². The molecule has 0 saturated heterocycles. The highest BCUT2D eigenvalue weighted by molar-refractivity contribution is 7.05. The second kappa shape index (κ2) is 5.09. The van der Waals surface area contributed by atoms with Gasteiger partial charge >= 0.3 is 0 Å². The molecule has 4 heteroatoms. The molecule has 0 bridgehead atoms. The van der Waals surface area contributed by atoms with Crippen molar-refractivity contribution in [2.24, 2.45) is 0 Å². The van der Waals surface area contributed by atoms with Crippen LogP contribution in [0.5, 0.6) is 0 Å². The van der Waals surface area contributed by atoms with Crippen molar-refractivity contribution in [1.82, 2.24) is 14.9 Å². The topological polar surface area (TPSA) is 37.8 Å². The van der Waals surface area contributed by atoms with E-state index in [2.05, 4.69) is 28.4 Å². The maximum atomic E-state index is 3.97. The van der Waals surface area contributed by atoms with Gasteiger partial charge in [0.1, 0.15) is 0 Å². The number of rotatable bonds is 5. The second-order valence-corrected chi connectivity index (χ2v) is 3.68. The summed E-state index contributed by atoms with van der Waals surface area (Å²) in [7, 11) is 0. The van der Waals surface area contributed by atoms with Crippen LogP contribution in [0.1, 0.15) is 30.0 Å². The van der Waals surface area contributed by atoms with E-state index in [1.807, 2.05) is 13.0 Å². The molecule has 1 heterocycles. The molecule has 0 amide bonds. The molecule has 0 spiro atoms. The number of hydrogen-bond donors (Lipinski definition) is 1. The molecule has 0 aliphatic carbocycles. The third-order valence-electron chi connectivity index (χ3n) is 1.82. The summed E-state index contributed by atoms with van der Waals surface area (Å²) in [6, 6.07) is 0.208. The lowest BCUT2D eigenvalue weighted by Crippen LogP contribution is -2.19. The van der Waals surface area contributed by atoms with E-state index < -0.39 is 0 Å². The molecule has 13 heavy (non-hydrogen) atoms. The van der Waals surface area contributed by atoms with E-state index in [4.69, 9.17) is 0 Å². The van der Waals surface area contributed by atoms with Crippen molar-refractivity contribution in [2.75, 3.05) is 6.54 Å². The first kappa shape index (κ1) is 10.3. The highest BCUT2D eigenvalue weighted by Gasteiger charge is 2.12. The Labute approximate surface area is 83.0 Å². The zero-order chi connectivity index (χ0) is 9.68. The molecule has 0 aliphatic rings. The van der Waals surface area contributed by atoms with E-state index in [1.165, 1.54) is 16.4 Å². The van der Waals surface area contributed by atoms with Crippen LogP contribution >= 0.6 is 11.5 Å². The summed E-state index contributed by atoms with van der Waals surface area (Å²) in [5.74, 6) is 0. The maximum absolute atomic E-state index is 3.97. The van der Waals surface area contributed by atoms with Crippen molar-refractivity contribution in [2.45, 2.75) is 26.3 Å². The number of aromatic nitrogens is 2. The summed E-state index contributed by atoms with van der Waals surface area (Å²) in [5.41, 5.74) is 0.999. The van der Waals surface area contributed by atoms with Crippen molar-refractivity contribution >= 4 is 11.5 Å². The van der Waals surface area contributed by atoms with Gasteiger partial charge in [-0.3, -0.25) is 0 Å². The number of nitrogens with zero attached hydrogens (tertiary/aromatic N) is 2. The van der Waals surface area contributed by atoms with Gasteiger partial charge in [-0.25, -0.2) is 0 Å². The molecule has 1 rings (SSSR count). The normalized spacial score (nSPS) is 12.8. The van der Waals surface area contributed by atoms with Gasteiger partial charge in [-0.2, -0.15) is 0 Å². The first-order valence-electron chi connectivity index (χ1n) is 4.44. The number of nitrogens with one attached hydrogen (secondary N) is 1. The van der Waals surface area contributed by atoms with Gasteiger partial charge in [0.25, 0.3) is 0 Å². The lowest BCUT2D eigenvalue weighted by molar-refractivity contribution is 0.617. The smallest absolute Gasteiger partial charge is 0.0776 e. The van der Waals surface area contributed by atoms with Crippen LogP contribution < -0.4 is 5.32 Å². The summed E-state index contributed by atoms with van der Waals surface area (Å²) in [5, 5.41) is 7.35. The third kappa shape index (κ3) is 2.60. The molecule has 1 aromatic rings. The van der Waals surface area contributed by atoms with Crippen LogP contribution in [0.3, 0.4) is 0 Å². The Bertz CT molecular complexity index is 270. The zero-order valence-electron chi connectivity index (χ0n) is 8.08. The van der Waals surface area contributed by atoms with Gasteiger partial charge < -0.3 is 5.32 Å². The van der Waals surface area contributed by atoms with E-state index in [-0.39, 0.29) is 6.04 Å². The predicted octanol–water partition coefficient (Wildman–Crippen LogP) is 2.07. The molecule has 3 nitrogen and oxygen atoms in total. The molecule has 1 atom stereocenters. The average molecular weight is 197 g/mol. The summed E-state index contributed by atoms with van der Waals surface area (Å²) < 4.78 is 3.90. The summed E-state index contributed by atoms with van der Waals surface area (Å²) >= 11 is 1.44. The minimum absolute atomic E-state index is 0.208. The first-order valence-corrected chi connectivity index (χ1v) is 5.21. The third-order valence-corrected chi connectivity index (χ3v) is 2.73. The van der Waals surface area contributed by atoms with Crippen molar-refractivity contribution in [3.8, 4) is 0 Å². The summed E-state index contributed by atoms with van der Waals surface area (Å²) in [4.78, 5) is 1.17. The van der Waals surface area contributed by atoms with Gasteiger partial charge in [-0.1, -0.05) is 17.5 Å². The van der Waals surface area contributed by atoms with Crippen LogP contribution in [0.2, 0.25) is 0 Å². The zero-order valence-corrected chi connectivity index (χ0v) is 8.90. The molecular formula is C9H15N3S. The van der Waals surface area contributed by atoms with E-state index in [0.717, 1.165) is 18.7 Å². The van der Waals surface area contributed by atoms with Crippen LogP contribution in [-0.4, -0.2) is 16.1 Å². The van der Waals surface area contributed by atoms with Gasteiger partial charge in [0.15, 0.2) is 0 Å². The van der Waals surface area contributed by atoms with Crippen molar-refractivity contribution < 1.29 is 0 Å². The molecule has 72 valence electrons. The molecule has 0 saturated carbocycles. The first-order chi connectivity index (χ1) is 6.29. The maximum Gasteiger partial charge on any atom is 0.0776 e. The van der Waals surface area contributed by atoms with Crippen molar-refractivity contribution in [3.63, 3.8) is 0 Å². The molecule has 1 N–H and O–H groups in total. The highest BCUT2D eigenvalue weighted by Crippen LogP contribution is 2.20. The van der Waals surface area contributed by atoms with Gasteiger partial charge in [-0.15, -0.1) is 11.7 Å². The quantitative estimate of drug-likeness (QED) is 0.734. The molecule has 0 radical (unpaired) electrons. The summed E-state index contributed by atoms with van der Waals surface area (Å²) in [6.07, 6.45) is 3.02. The molecule has 0 fully saturated rings. The Hall–Kier alpha value is -0.740. The van der Waals surface area contributed by atoms with Gasteiger partial charge in [-0.05, 0) is 31.4 Å². The minimum atomic E-state index is 0.208. The molecule has 0 aromatic carbocycles. The fourth-order valence-electron chi connectivity index (χ4n) is 1.11. The average Bonchev–Trinajstić information content (AvgIpc) is 2.54. The second-order valence-electron chi connectivity index (χ2n) is 2.89. The molecule has 0 aliphatic heterocycles. The van der Waals surface area contributed by atoms with Crippen LogP contribution in [0.15, 0.2) is 12.7 Å². The van der Waals surface area contributed by atoms with Crippen LogP contribution in [0.25, 0.3) is 0 Å². The Morgan fingerprint density at radius 2 is 2.46 bits per heavy atom. The van der Waals surface area contributed by atoms with Crippen molar-refractivity contribution in [3.05, 3.63) is 23.2 Å².